The van der Waals surface area contributed by atoms with Crippen LogP contribution in [0.5, 0.6) is 11.5 Å². The van der Waals surface area contributed by atoms with Gasteiger partial charge in [-0.25, -0.2) is 9.97 Å². The Hall–Kier alpha value is -2.43. The van der Waals surface area contributed by atoms with Crippen molar-refractivity contribution in [1.82, 2.24) is 9.97 Å². The minimum Gasteiger partial charge on any atom is -0.494 e. The van der Waals surface area contributed by atoms with Crippen LogP contribution >= 0.6 is 0 Å². The molecule has 0 radical (unpaired) electrons. The largest absolute Gasteiger partial charge is 0.494 e. The third-order valence-electron chi connectivity index (χ3n) is 5.72. The van der Waals surface area contributed by atoms with Gasteiger partial charge in [-0.3, -0.25) is 4.79 Å². The summed E-state index contributed by atoms with van der Waals surface area (Å²) in [5.74, 6) is 1.64. The molecule has 0 N–H and O–H groups in total. The fraction of sp³-hybridized carbons (Fsp3) is 0.607. The molecule has 33 heavy (non-hydrogen) atoms. The second-order valence-corrected chi connectivity index (χ2v) is 8.73. The summed E-state index contributed by atoms with van der Waals surface area (Å²) in [7, 11) is 0. The maximum atomic E-state index is 12.1. The van der Waals surface area contributed by atoms with E-state index in [1.807, 2.05) is 24.3 Å². The molecule has 1 aromatic heterocycles. The number of ether oxygens (including phenoxy) is 2. The van der Waals surface area contributed by atoms with Gasteiger partial charge < -0.3 is 9.47 Å². The molecule has 2 aromatic rings. The van der Waals surface area contributed by atoms with Crippen molar-refractivity contribution in [3.8, 4) is 22.9 Å². The quantitative estimate of drug-likeness (QED) is 0.169. The van der Waals surface area contributed by atoms with E-state index in [-0.39, 0.29) is 5.97 Å². The summed E-state index contributed by atoms with van der Waals surface area (Å²) in [6.45, 7) is 5.19. The van der Waals surface area contributed by atoms with E-state index < -0.39 is 0 Å². The summed E-state index contributed by atoms with van der Waals surface area (Å²) in [6, 6.07) is 7.79. The highest BCUT2D eigenvalue weighted by Gasteiger charge is 2.07. The molecule has 0 unspecified atom stereocenters. The molecule has 1 heterocycles. The van der Waals surface area contributed by atoms with Crippen LogP contribution in [0.2, 0.25) is 0 Å². The summed E-state index contributed by atoms with van der Waals surface area (Å²) >= 11 is 0. The van der Waals surface area contributed by atoms with Crippen molar-refractivity contribution in [2.24, 2.45) is 0 Å². The van der Waals surface area contributed by atoms with Crippen molar-refractivity contribution >= 4 is 5.97 Å². The molecule has 0 aliphatic heterocycles. The fourth-order valence-corrected chi connectivity index (χ4v) is 3.70. The van der Waals surface area contributed by atoms with Crippen LogP contribution in [0.3, 0.4) is 0 Å². The Morgan fingerprint density at radius 3 is 1.85 bits per heavy atom. The van der Waals surface area contributed by atoms with E-state index in [1.165, 1.54) is 64.2 Å². The summed E-state index contributed by atoms with van der Waals surface area (Å²) in [4.78, 5) is 20.8. The van der Waals surface area contributed by atoms with Gasteiger partial charge >= 0.3 is 5.97 Å². The molecule has 0 fully saturated rings. The highest BCUT2D eigenvalue weighted by Crippen LogP contribution is 2.21. The summed E-state index contributed by atoms with van der Waals surface area (Å²) in [6.07, 6.45) is 19.4. The fourth-order valence-electron chi connectivity index (χ4n) is 3.70. The van der Waals surface area contributed by atoms with Gasteiger partial charge in [0.2, 0.25) is 0 Å². The number of benzene rings is 1. The predicted octanol–water partition coefficient (Wildman–Crippen LogP) is 7.93. The number of rotatable bonds is 18. The van der Waals surface area contributed by atoms with Crippen LogP contribution in [-0.2, 0) is 4.79 Å². The van der Waals surface area contributed by atoms with E-state index in [4.69, 9.17) is 9.47 Å². The molecule has 0 bridgehead atoms. The summed E-state index contributed by atoms with van der Waals surface area (Å²) in [5, 5.41) is 0. The molecule has 1 aromatic carbocycles. The Bertz CT molecular complexity index is 760. The second-order valence-electron chi connectivity index (χ2n) is 8.73. The van der Waals surface area contributed by atoms with E-state index in [0.29, 0.717) is 18.0 Å². The lowest BCUT2D eigenvalue weighted by atomic mass is 10.1. The lowest BCUT2D eigenvalue weighted by Gasteiger charge is -2.07. The average Bonchev–Trinajstić information content (AvgIpc) is 2.84. The van der Waals surface area contributed by atoms with Crippen LogP contribution in [0.1, 0.15) is 104 Å². The van der Waals surface area contributed by atoms with E-state index >= 15 is 0 Å². The molecule has 2 rings (SSSR count). The zero-order chi connectivity index (χ0) is 23.6. The highest BCUT2D eigenvalue weighted by molar-refractivity contribution is 5.72. The van der Waals surface area contributed by atoms with Crippen molar-refractivity contribution < 1.29 is 14.3 Å². The maximum Gasteiger partial charge on any atom is 0.311 e. The number of hydrogen-bond acceptors (Lipinski definition) is 5. The van der Waals surface area contributed by atoms with E-state index in [0.717, 1.165) is 37.2 Å². The molecular weight excluding hydrogens is 412 g/mol. The molecule has 0 saturated heterocycles. The van der Waals surface area contributed by atoms with Gasteiger partial charge in [-0.15, -0.1) is 0 Å². The first kappa shape index (κ1) is 26.8. The minimum atomic E-state index is -0.213. The van der Waals surface area contributed by atoms with Crippen molar-refractivity contribution in [3.05, 3.63) is 36.7 Å². The first-order valence-electron chi connectivity index (χ1n) is 13.0. The number of aromatic nitrogens is 2. The Morgan fingerprint density at radius 1 is 0.697 bits per heavy atom. The van der Waals surface area contributed by atoms with Crippen molar-refractivity contribution in [2.75, 3.05) is 6.61 Å². The van der Waals surface area contributed by atoms with Gasteiger partial charge in [0, 0.05) is 12.0 Å². The maximum absolute atomic E-state index is 12.1. The summed E-state index contributed by atoms with van der Waals surface area (Å²) < 4.78 is 11.2. The lowest BCUT2D eigenvalue weighted by molar-refractivity contribution is -0.134. The van der Waals surface area contributed by atoms with Gasteiger partial charge in [0.25, 0.3) is 0 Å². The number of carbonyl (C=O) groups excluding carboxylic acids is 1. The van der Waals surface area contributed by atoms with Crippen LogP contribution in [-0.4, -0.2) is 22.5 Å². The molecule has 0 saturated carbocycles. The van der Waals surface area contributed by atoms with E-state index in [9.17, 15) is 4.79 Å². The number of nitrogens with zero attached hydrogens (tertiary/aromatic N) is 2. The molecule has 5 heteroatoms. The van der Waals surface area contributed by atoms with Gasteiger partial charge in [-0.2, -0.15) is 0 Å². The first-order valence-corrected chi connectivity index (χ1v) is 13.0. The third-order valence-corrected chi connectivity index (χ3v) is 5.72. The predicted molar refractivity (Wildman–Crippen MR) is 135 cm³/mol. The molecule has 0 aliphatic rings. The van der Waals surface area contributed by atoms with Gasteiger partial charge in [0.05, 0.1) is 19.0 Å². The Balaban J connectivity index is 1.64. The number of esters is 1. The smallest absolute Gasteiger partial charge is 0.311 e. The topological polar surface area (TPSA) is 61.3 Å². The molecule has 0 aliphatic carbocycles. The van der Waals surface area contributed by atoms with Gasteiger partial charge in [0.15, 0.2) is 11.6 Å². The normalized spacial score (nSPS) is 10.8. The zero-order valence-corrected chi connectivity index (χ0v) is 20.7. The molecule has 0 amide bonds. The van der Waals surface area contributed by atoms with Crippen LogP contribution in [0.15, 0.2) is 36.7 Å². The molecule has 182 valence electrons. The molecule has 0 atom stereocenters. The Labute approximate surface area is 200 Å². The average molecular weight is 455 g/mol. The van der Waals surface area contributed by atoms with Gasteiger partial charge in [0.1, 0.15) is 5.75 Å². The number of carbonyl (C=O) groups is 1. The van der Waals surface area contributed by atoms with Gasteiger partial charge in [-0.05, 0) is 37.1 Å². The summed E-state index contributed by atoms with van der Waals surface area (Å²) in [5.41, 5.74) is 0.904. The third kappa shape index (κ3) is 11.8. The SMILES string of the molecule is CCCCCCCCCCCC(=O)Oc1cnc(-c2ccc(OCCCCCC)cc2)nc1. The van der Waals surface area contributed by atoms with Crippen LogP contribution < -0.4 is 9.47 Å². The number of unbranched alkanes of at least 4 members (excludes halogenated alkanes) is 11. The number of hydrogen-bond donors (Lipinski definition) is 0. The van der Waals surface area contributed by atoms with E-state index in [1.54, 1.807) is 12.4 Å². The van der Waals surface area contributed by atoms with Crippen LogP contribution in [0.4, 0.5) is 0 Å². The van der Waals surface area contributed by atoms with Crippen LogP contribution in [0.25, 0.3) is 11.4 Å². The van der Waals surface area contributed by atoms with Crippen LogP contribution in [0, 0.1) is 0 Å². The van der Waals surface area contributed by atoms with Crippen molar-refractivity contribution in [3.63, 3.8) is 0 Å². The standard InChI is InChI=1S/C28H42N2O3/c1-3-5-7-9-10-11-12-13-14-16-27(31)33-26-22-29-28(30-23-26)24-17-19-25(20-18-24)32-21-15-8-6-4-2/h17-20,22-23H,3-16,21H2,1-2H3. The molecule has 0 spiro atoms. The second kappa shape index (κ2) is 17.1. The van der Waals surface area contributed by atoms with Gasteiger partial charge in [-0.1, -0.05) is 84.5 Å². The minimum absolute atomic E-state index is 0.213. The molecule has 5 nitrogen and oxygen atoms in total. The van der Waals surface area contributed by atoms with Crippen molar-refractivity contribution in [2.45, 2.75) is 104 Å². The van der Waals surface area contributed by atoms with Crippen molar-refractivity contribution in [1.29, 1.82) is 0 Å². The highest BCUT2D eigenvalue weighted by atomic mass is 16.5. The lowest BCUT2D eigenvalue weighted by Crippen LogP contribution is -2.08. The Kier molecular flexibility index (Phi) is 13.9. The Morgan fingerprint density at radius 2 is 1.24 bits per heavy atom. The zero-order valence-electron chi connectivity index (χ0n) is 20.7. The monoisotopic (exact) mass is 454 g/mol. The van der Waals surface area contributed by atoms with E-state index in [2.05, 4.69) is 23.8 Å². The first-order chi connectivity index (χ1) is 16.2. The molecular formula is C28H42N2O3.